The molecule has 1 N–H and O–H groups in total. The number of hydrogen-bond donors (Lipinski definition) is 1. The van der Waals surface area contributed by atoms with Gasteiger partial charge in [-0.05, 0) is 80.3 Å². The molecule has 2 aromatic carbocycles. The SMILES string of the molecule is CN(C)CCOc1ccc(-c2cc(-c3ccncc3)c(-c3ccc(Cl)c(O)c3)o2)cc1. The molecule has 0 aliphatic carbocycles. The Morgan fingerprint density at radius 3 is 2.32 bits per heavy atom. The molecule has 5 nitrogen and oxygen atoms in total. The molecule has 0 bridgehead atoms. The summed E-state index contributed by atoms with van der Waals surface area (Å²) in [5.74, 6) is 2.20. The van der Waals surface area contributed by atoms with Gasteiger partial charge >= 0.3 is 0 Å². The number of nitrogens with zero attached hydrogens (tertiary/aromatic N) is 2. The Bertz CT molecular complexity index is 1160. The number of hydrogen-bond acceptors (Lipinski definition) is 5. The summed E-state index contributed by atoms with van der Waals surface area (Å²) in [6, 6.07) is 18.8. The summed E-state index contributed by atoms with van der Waals surface area (Å²) in [6.07, 6.45) is 3.48. The van der Waals surface area contributed by atoms with Crippen molar-refractivity contribution in [3.63, 3.8) is 0 Å². The van der Waals surface area contributed by atoms with Crippen molar-refractivity contribution in [1.29, 1.82) is 0 Å². The van der Waals surface area contributed by atoms with Crippen LogP contribution in [0.3, 0.4) is 0 Å². The highest BCUT2D eigenvalue weighted by molar-refractivity contribution is 6.32. The Hall–Kier alpha value is -3.28. The quantitative estimate of drug-likeness (QED) is 0.388. The van der Waals surface area contributed by atoms with E-state index in [2.05, 4.69) is 9.88 Å². The number of benzene rings is 2. The van der Waals surface area contributed by atoms with Crippen LogP contribution in [0, 0.1) is 0 Å². The van der Waals surface area contributed by atoms with E-state index in [1.807, 2.05) is 62.6 Å². The molecule has 0 atom stereocenters. The van der Waals surface area contributed by atoms with Gasteiger partial charge in [-0.2, -0.15) is 0 Å². The lowest BCUT2D eigenvalue weighted by molar-refractivity contribution is 0.261. The molecule has 0 aliphatic rings. The van der Waals surface area contributed by atoms with Gasteiger partial charge in [0.15, 0.2) is 0 Å². The van der Waals surface area contributed by atoms with Gasteiger partial charge in [-0.3, -0.25) is 4.98 Å². The van der Waals surface area contributed by atoms with Gasteiger partial charge in [0, 0.05) is 35.6 Å². The normalized spacial score (nSPS) is 11.1. The van der Waals surface area contributed by atoms with E-state index in [9.17, 15) is 5.11 Å². The Labute approximate surface area is 186 Å². The first-order chi connectivity index (χ1) is 15.0. The van der Waals surface area contributed by atoms with Gasteiger partial charge in [-0.1, -0.05) is 11.6 Å². The molecule has 0 radical (unpaired) electrons. The lowest BCUT2D eigenvalue weighted by atomic mass is 10.0. The van der Waals surface area contributed by atoms with Crippen LogP contribution in [0.5, 0.6) is 11.5 Å². The number of pyridine rings is 1. The lowest BCUT2D eigenvalue weighted by Crippen LogP contribution is -2.19. The van der Waals surface area contributed by atoms with Gasteiger partial charge in [-0.15, -0.1) is 0 Å². The number of phenolic OH excluding ortho intramolecular Hbond substituents is 1. The second kappa shape index (κ2) is 9.25. The average molecular weight is 435 g/mol. The molecule has 0 saturated carbocycles. The molecule has 2 heterocycles. The van der Waals surface area contributed by atoms with Gasteiger partial charge in [0.2, 0.25) is 0 Å². The first-order valence-corrected chi connectivity index (χ1v) is 10.3. The highest BCUT2D eigenvalue weighted by atomic mass is 35.5. The highest BCUT2D eigenvalue weighted by Gasteiger charge is 2.17. The molecule has 4 aromatic rings. The number of ether oxygens (including phenoxy) is 1. The number of halogens is 1. The maximum Gasteiger partial charge on any atom is 0.142 e. The summed E-state index contributed by atoms with van der Waals surface area (Å²) in [6.45, 7) is 1.48. The van der Waals surface area contributed by atoms with Crippen molar-refractivity contribution in [3.8, 4) is 45.3 Å². The van der Waals surface area contributed by atoms with E-state index in [-0.39, 0.29) is 5.75 Å². The van der Waals surface area contributed by atoms with Crippen molar-refractivity contribution in [1.82, 2.24) is 9.88 Å². The minimum Gasteiger partial charge on any atom is -0.506 e. The minimum absolute atomic E-state index is 0.0111. The van der Waals surface area contributed by atoms with Gasteiger partial charge in [0.1, 0.15) is 29.6 Å². The zero-order valence-corrected chi connectivity index (χ0v) is 18.1. The van der Waals surface area contributed by atoms with Crippen molar-refractivity contribution in [3.05, 3.63) is 78.1 Å². The Morgan fingerprint density at radius 1 is 0.935 bits per heavy atom. The topological polar surface area (TPSA) is 58.7 Å². The second-order valence-electron chi connectivity index (χ2n) is 7.43. The van der Waals surface area contributed by atoms with Crippen LogP contribution in [-0.2, 0) is 0 Å². The fraction of sp³-hybridized carbons (Fsp3) is 0.160. The minimum atomic E-state index is 0.0111. The van der Waals surface area contributed by atoms with E-state index in [1.54, 1.807) is 24.5 Å². The van der Waals surface area contributed by atoms with E-state index >= 15 is 0 Å². The van der Waals surface area contributed by atoms with Crippen molar-refractivity contribution < 1.29 is 14.3 Å². The Morgan fingerprint density at radius 2 is 1.65 bits per heavy atom. The van der Waals surface area contributed by atoms with Crippen LogP contribution in [0.2, 0.25) is 5.02 Å². The van der Waals surface area contributed by atoms with Crippen molar-refractivity contribution in [2.75, 3.05) is 27.2 Å². The van der Waals surface area contributed by atoms with E-state index in [0.29, 0.717) is 17.4 Å². The third kappa shape index (κ3) is 4.90. The molecule has 6 heteroatoms. The number of phenols is 1. The molecule has 0 spiro atoms. The number of aromatic hydroxyl groups is 1. The van der Waals surface area contributed by atoms with Crippen LogP contribution in [0.25, 0.3) is 33.8 Å². The van der Waals surface area contributed by atoms with Gasteiger partial charge < -0.3 is 19.2 Å². The van der Waals surface area contributed by atoms with E-state index < -0.39 is 0 Å². The summed E-state index contributed by atoms with van der Waals surface area (Å²) in [4.78, 5) is 6.18. The van der Waals surface area contributed by atoms with Crippen LogP contribution < -0.4 is 4.74 Å². The molecule has 0 fully saturated rings. The molecule has 31 heavy (non-hydrogen) atoms. The number of likely N-dealkylation sites (N-methyl/N-ethyl adjacent to an activating group) is 1. The molecule has 0 saturated heterocycles. The predicted molar refractivity (Wildman–Crippen MR) is 124 cm³/mol. The predicted octanol–water partition coefficient (Wildman–Crippen LogP) is 5.98. The van der Waals surface area contributed by atoms with Crippen LogP contribution in [-0.4, -0.2) is 42.2 Å². The Kier molecular flexibility index (Phi) is 6.26. The maximum atomic E-state index is 10.1. The summed E-state index contributed by atoms with van der Waals surface area (Å²) < 4.78 is 12.0. The van der Waals surface area contributed by atoms with Crippen LogP contribution >= 0.6 is 11.6 Å². The van der Waals surface area contributed by atoms with Gasteiger partial charge in [0.25, 0.3) is 0 Å². The fourth-order valence-electron chi connectivity index (χ4n) is 3.21. The van der Waals surface area contributed by atoms with E-state index in [0.717, 1.165) is 40.3 Å². The third-order valence-corrected chi connectivity index (χ3v) is 5.20. The van der Waals surface area contributed by atoms with Gasteiger partial charge in [0.05, 0.1) is 5.02 Å². The fourth-order valence-corrected chi connectivity index (χ4v) is 3.33. The standard InChI is InChI=1S/C25H23ClN2O3/c1-28(2)13-14-30-20-6-3-18(4-7-20)24-16-21(17-9-11-27-12-10-17)25(31-24)19-5-8-22(26)23(29)15-19/h3-12,15-16,29H,13-14H2,1-2H3. The molecular weight excluding hydrogens is 412 g/mol. The third-order valence-electron chi connectivity index (χ3n) is 4.88. The zero-order chi connectivity index (χ0) is 21.8. The largest absolute Gasteiger partial charge is 0.506 e. The zero-order valence-electron chi connectivity index (χ0n) is 17.4. The second-order valence-corrected chi connectivity index (χ2v) is 7.84. The maximum absolute atomic E-state index is 10.1. The smallest absolute Gasteiger partial charge is 0.142 e. The molecule has 0 amide bonds. The molecule has 2 aromatic heterocycles. The number of rotatable bonds is 7. The number of furan rings is 1. The monoisotopic (exact) mass is 434 g/mol. The van der Waals surface area contributed by atoms with Crippen molar-refractivity contribution >= 4 is 11.6 Å². The molecule has 0 unspecified atom stereocenters. The van der Waals surface area contributed by atoms with Crippen LogP contribution in [0.1, 0.15) is 0 Å². The summed E-state index contributed by atoms with van der Waals surface area (Å²) in [5, 5.41) is 10.4. The molecule has 158 valence electrons. The van der Waals surface area contributed by atoms with Crippen molar-refractivity contribution in [2.24, 2.45) is 0 Å². The molecule has 4 rings (SSSR count). The van der Waals surface area contributed by atoms with Crippen molar-refractivity contribution in [2.45, 2.75) is 0 Å². The molecular formula is C25H23ClN2O3. The van der Waals surface area contributed by atoms with E-state index in [1.165, 1.54) is 0 Å². The first-order valence-electron chi connectivity index (χ1n) is 9.92. The van der Waals surface area contributed by atoms with Crippen LogP contribution in [0.15, 0.2) is 77.5 Å². The molecule has 0 aliphatic heterocycles. The van der Waals surface area contributed by atoms with Gasteiger partial charge in [-0.25, -0.2) is 0 Å². The van der Waals surface area contributed by atoms with E-state index in [4.69, 9.17) is 20.8 Å². The highest BCUT2D eigenvalue weighted by Crippen LogP contribution is 2.40. The summed E-state index contributed by atoms with van der Waals surface area (Å²) in [7, 11) is 4.03. The summed E-state index contributed by atoms with van der Waals surface area (Å²) in [5.41, 5.74) is 3.55. The Balaban J connectivity index is 1.69. The number of aromatic nitrogens is 1. The average Bonchev–Trinajstić information content (AvgIpc) is 3.22. The summed E-state index contributed by atoms with van der Waals surface area (Å²) >= 11 is 5.99. The lowest BCUT2D eigenvalue weighted by Gasteiger charge is -2.11. The van der Waals surface area contributed by atoms with Crippen LogP contribution in [0.4, 0.5) is 0 Å². The first kappa shape index (κ1) is 21.0.